The highest BCUT2D eigenvalue weighted by Crippen LogP contribution is 2.21. The quantitative estimate of drug-likeness (QED) is 0.450. The van der Waals surface area contributed by atoms with E-state index in [1.165, 1.54) is 0 Å². The lowest BCUT2D eigenvalue weighted by atomic mass is 10.0. The predicted molar refractivity (Wildman–Crippen MR) is 132 cm³/mol. The van der Waals surface area contributed by atoms with Gasteiger partial charge in [0.25, 0.3) is 0 Å². The van der Waals surface area contributed by atoms with Gasteiger partial charge in [-0.15, -0.1) is 0 Å². The van der Waals surface area contributed by atoms with Crippen molar-refractivity contribution in [3.8, 4) is 0 Å². The number of fused-ring (bicyclic) bond motifs is 1. The van der Waals surface area contributed by atoms with Gasteiger partial charge in [-0.1, -0.05) is 73.1 Å². The second-order valence-corrected chi connectivity index (χ2v) is 8.72. The standard InChI is InChI=1S/C27H31ClN2O2/c1-4-19(2)29-27(32)20(3)30(18-21-9-7-13-24(28)17-21)26(31)16-15-23-12-8-11-22-10-5-6-14-25(22)23/h5-14,17,19-20H,4,15-16,18H2,1-3H3,(H,29,32)/t19-,20-/m1/s1. The number of nitrogens with one attached hydrogen (secondary N) is 1. The van der Waals surface area contributed by atoms with Gasteiger partial charge in [0.1, 0.15) is 6.04 Å². The molecule has 0 fully saturated rings. The molecular formula is C27H31ClN2O2. The molecule has 0 aromatic heterocycles. The molecule has 168 valence electrons. The van der Waals surface area contributed by atoms with Gasteiger partial charge >= 0.3 is 0 Å². The summed E-state index contributed by atoms with van der Waals surface area (Å²) in [6.07, 6.45) is 1.78. The Balaban J connectivity index is 1.79. The summed E-state index contributed by atoms with van der Waals surface area (Å²) in [4.78, 5) is 27.9. The lowest BCUT2D eigenvalue weighted by molar-refractivity contribution is -0.140. The number of hydrogen-bond acceptors (Lipinski definition) is 2. The fourth-order valence-electron chi connectivity index (χ4n) is 3.78. The van der Waals surface area contributed by atoms with E-state index < -0.39 is 6.04 Å². The van der Waals surface area contributed by atoms with E-state index in [1.54, 1.807) is 17.9 Å². The lowest BCUT2D eigenvalue weighted by Crippen LogP contribution is -2.49. The number of carbonyl (C=O) groups excluding carboxylic acids is 2. The van der Waals surface area contributed by atoms with Crippen molar-refractivity contribution in [3.63, 3.8) is 0 Å². The van der Waals surface area contributed by atoms with E-state index in [4.69, 9.17) is 11.6 Å². The van der Waals surface area contributed by atoms with Crippen molar-refractivity contribution in [1.29, 1.82) is 0 Å². The first-order valence-electron chi connectivity index (χ1n) is 11.2. The number of halogens is 1. The van der Waals surface area contributed by atoms with Gasteiger partial charge in [-0.05, 0) is 60.7 Å². The Morgan fingerprint density at radius 2 is 1.72 bits per heavy atom. The highest BCUT2D eigenvalue weighted by Gasteiger charge is 2.26. The second kappa shape index (κ2) is 11.1. The molecule has 0 aliphatic heterocycles. The molecule has 1 N–H and O–H groups in total. The van der Waals surface area contributed by atoms with Gasteiger partial charge in [-0.25, -0.2) is 0 Å². The van der Waals surface area contributed by atoms with Crippen LogP contribution in [0.25, 0.3) is 10.8 Å². The van der Waals surface area contributed by atoms with Crippen molar-refractivity contribution in [1.82, 2.24) is 10.2 Å². The van der Waals surface area contributed by atoms with Crippen molar-refractivity contribution < 1.29 is 9.59 Å². The van der Waals surface area contributed by atoms with Gasteiger partial charge in [-0.2, -0.15) is 0 Å². The monoisotopic (exact) mass is 450 g/mol. The normalized spacial score (nSPS) is 12.9. The van der Waals surface area contributed by atoms with Gasteiger partial charge in [0.2, 0.25) is 11.8 Å². The number of carbonyl (C=O) groups is 2. The smallest absolute Gasteiger partial charge is 0.242 e. The molecule has 0 spiro atoms. The molecular weight excluding hydrogens is 420 g/mol. The highest BCUT2D eigenvalue weighted by atomic mass is 35.5. The van der Waals surface area contributed by atoms with Crippen LogP contribution in [0.3, 0.4) is 0 Å². The molecule has 0 radical (unpaired) electrons. The molecule has 0 saturated carbocycles. The minimum atomic E-state index is -0.581. The van der Waals surface area contributed by atoms with Gasteiger partial charge < -0.3 is 10.2 Å². The molecule has 5 heteroatoms. The van der Waals surface area contributed by atoms with E-state index in [-0.39, 0.29) is 17.9 Å². The molecule has 0 aliphatic carbocycles. The molecule has 32 heavy (non-hydrogen) atoms. The molecule has 0 heterocycles. The number of nitrogens with zero attached hydrogens (tertiary/aromatic N) is 1. The molecule has 0 aliphatic rings. The first-order chi connectivity index (χ1) is 15.4. The highest BCUT2D eigenvalue weighted by molar-refractivity contribution is 6.30. The summed E-state index contributed by atoms with van der Waals surface area (Å²) in [5.74, 6) is -0.190. The van der Waals surface area contributed by atoms with Crippen molar-refractivity contribution in [2.24, 2.45) is 0 Å². The third kappa shape index (κ3) is 6.10. The summed E-state index contributed by atoms with van der Waals surface area (Å²) >= 11 is 6.15. The van der Waals surface area contributed by atoms with E-state index >= 15 is 0 Å². The summed E-state index contributed by atoms with van der Waals surface area (Å²) in [6, 6.07) is 21.3. The maximum Gasteiger partial charge on any atom is 0.242 e. The zero-order valence-corrected chi connectivity index (χ0v) is 19.7. The fraction of sp³-hybridized carbons (Fsp3) is 0.333. The number of amides is 2. The van der Waals surface area contributed by atoms with E-state index in [9.17, 15) is 9.59 Å². The topological polar surface area (TPSA) is 49.4 Å². The summed E-state index contributed by atoms with van der Waals surface area (Å²) in [5, 5.41) is 5.93. The second-order valence-electron chi connectivity index (χ2n) is 8.28. The Hall–Kier alpha value is -2.85. The van der Waals surface area contributed by atoms with E-state index in [2.05, 4.69) is 29.6 Å². The van der Waals surface area contributed by atoms with Gasteiger partial charge in [0.15, 0.2) is 0 Å². The van der Waals surface area contributed by atoms with E-state index in [0.29, 0.717) is 24.4 Å². The van der Waals surface area contributed by atoms with Crippen LogP contribution in [0.15, 0.2) is 66.7 Å². The van der Waals surface area contributed by atoms with Crippen LogP contribution in [0.1, 0.15) is 44.7 Å². The number of aryl methyl sites for hydroxylation is 1. The van der Waals surface area contributed by atoms with Crippen molar-refractivity contribution in [2.45, 2.75) is 58.7 Å². The SMILES string of the molecule is CC[C@@H](C)NC(=O)[C@@H](C)N(Cc1cccc(Cl)c1)C(=O)CCc1cccc2ccccc12. The number of benzene rings is 3. The van der Waals surface area contributed by atoms with Gasteiger partial charge in [-0.3, -0.25) is 9.59 Å². The summed E-state index contributed by atoms with van der Waals surface area (Å²) in [7, 11) is 0. The van der Waals surface area contributed by atoms with Crippen LogP contribution in [0.2, 0.25) is 5.02 Å². The maximum absolute atomic E-state index is 13.4. The number of rotatable bonds is 9. The first-order valence-corrected chi connectivity index (χ1v) is 11.6. The zero-order valence-electron chi connectivity index (χ0n) is 19.0. The maximum atomic E-state index is 13.4. The lowest BCUT2D eigenvalue weighted by Gasteiger charge is -2.30. The third-order valence-electron chi connectivity index (χ3n) is 5.90. The van der Waals surface area contributed by atoms with Crippen LogP contribution in [0.4, 0.5) is 0 Å². The molecule has 3 aromatic carbocycles. The van der Waals surface area contributed by atoms with E-state index in [1.807, 2.05) is 50.2 Å². The average Bonchev–Trinajstić information content (AvgIpc) is 2.80. The molecule has 4 nitrogen and oxygen atoms in total. The van der Waals surface area contributed by atoms with Crippen LogP contribution < -0.4 is 5.32 Å². The summed E-state index contributed by atoms with van der Waals surface area (Å²) < 4.78 is 0. The molecule has 3 rings (SSSR count). The molecule has 0 bridgehead atoms. The fourth-order valence-corrected chi connectivity index (χ4v) is 3.99. The Bertz CT molecular complexity index is 1080. The summed E-state index contributed by atoms with van der Waals surface area (Å²) in [6.45, 7) is 6.12. The molecule has 2 amide bonds. The average molecular weight is 451 g/mol. The molecule has 3 aromatic rings. The van der Waals surface area contributed by atoms with Crippen LogP contribution in [0, 0.1) is 0 Å². The number of hydrogen-bond donors (Lipinski definition) is 1. The van der Waals surface area contributed by atoms with Crippen molar-refractivity contribution >= 4 is 34.2 Å². The third-order valence-corrected chi connectivity index (χ3v) is 6.13. The summed E-state index contributed by atoms with van der Waals surface area (Å²) in [5.41, 5.74) is 2.04. The predicted octanol–water partition coefficient (Wildman–Crippen LogP) is 5.76. The van der Waals surface area contributed by atoms with Gasteiger partial charge in [0.05, 0.1) is 0 Å². The Morgan fingerprint density at radius 1 is 1.00 bits per heavy atom. The van der Waals surface area contributed by atoms with Crippen molar-refractivity contribution in [2.75, 3.05) is 0 Å². The van der Waals surface area contributed by atoms with Crippen LogP contribution in [0.5, 0.6) is 0 Å². The Labute approximate surface area is 195 Å². The largest absolute Gasteiger partial charge is 0.352 e. The molecule has 0 saturated heterocycles. The van der Waals surface area contributed by atoms with Crippen LogP contribution in [-0.2, 0) is 22.6 Å². The molecule has 2 atom stereocenters. The first kappa shape index (κ1) is 23.8. The van der Waals surface area contributed by atoms with Crippen LogP contribution in [-0.4, -0.2) is 28.8 Å². The van der Waals surface area contributed by atoms with Crippen LogP contribution >= 0.6 is 11.6 Å². The van der Waals surface area contributed by atoms with E-state index in [0.717, 1.165) is 28.3 Å². The van der Waals surface area contributed by atoms with Crippen molar-refractivity contribution in [3.05, 3.63) is 82.9 Å². The Morgan fingerprint density at radius 3 is 2.47 bits per heavy atom. The Kier molecular flexibility index (Phi) is 8.29. The zero-order chi connectivity index (χ0) is 23.1. The molecule has 0 unspecified atom stereocenters. The minimum Gasteiger partial charge on any atom is -0.352 e. The van der Waals surface area contributed by atoms with Gasteiger partial charge in [0, 0.05) is 24.0 Å². The minimum absolute atomic E-state index is 0.0512.